The molecule has 274 valence electrons. The SMILES string of the molecule is COC(=O)[C@@]12CC(=O)[C@@H](C(C)C)CC(=O)[C@@H](C)CCC[C@@H](C)/C=C3\O[C@@](C)(C[C@@H]31)/C1=C/C[C@](C)(O)[C@H]3CC[C@@](C)(O3)[C@H](O)CC/C(C)=C/[C@H]12. The van der Waals surface area contributed by atoms with Crippen LogP contribution in [0.1, 0.15) is 126 Å². The summed E-state index contributed by atoms with van der Waals surface area (Å²) in [5.74, 6) is -1.36. The van der Waals surface area contributed by atoms with Gasteiger partial charge >= 0.3 is 5.97 Å². The lowest BCUT2D eigenvalue weighted by molar-refractivity contribution is -0.162. The maximum absolute atomic E-state index is 14.7. The Morgan fingerprint density at radius 2 is 1.76 bits per heavy atom. The van der Waals surface area contributed by atoms with Crippen LogP contribution >= 0.6 is 0 Å². The average molecular weight is 683 g/mol. The van der Waals surface area contributed by atoms with E-state index in [9.17, 15) is 24.6 Å². The molecule has 0 unspecified atom stereocenters. The van der Waals surface area contributed by atoms with E-state index in [1.807, 2.05) is 40.7 Å². The summed E-state index contributed by atoms with van der Waals surface area (Å²) in [5.41, 5.74) is -2.29. The number of aliphatic hydroxyl groups is 2. The number of hydrogen-bond acceptors (Lipinski definition) is 8. The molecule has 1 saturated carbocycles. The number of fused-ring (bicyclic) bond motifs is 6. The number of Topliss-reactive ketones (excluding diaryl/α,β-unsaturated/α-hetero) is 2. The van der Waals surface area contributed by atoms with Gasteiger partial charge in [-0.1, -0.05) is 51.8 Å². The molecule has 3 aliphatic heterocycles. The van der Waals surface area contributed by atoms with Crippen molar-refractivity contribution in [3.05, 3.63) is 35.1 Å². The molecule has 3 heterocycles. The highest BCUT2D eigenvalue weighted by atomic mass is 16.5. The minimum Gasteiger partial charge on any atom is -0.488 e. The van der Waals surface area contributed by atoms with Crippen molar-refractivity contribution in [3.63, 3.8) is 0 Å². The Labute approximate surface area is 294 Å². The Bertz CT molecular complexity index is 1390. The minimum atomic E-state index is -1.33. The number of hydrogen-bond donors (Lipinski definition) is 2. The van der Waals surface area contributed by atoms with Crippen molar-refractivity contribution < 1.29 is 38.8 Å². The summed E-state index contributed by atoms with van der Waals surface area (Å²) >= 11 is 0. The molecule has 0 aromatic heterocycles. The van der Waals surface area contributed by atoms with E-state index < -0.39 is 58.1 Å². The van der Waals surface area contributed by atoms with Crippen molar-refractivity contribution in [1.82, 2.24) is 0 Å². The Morgan fingerprint density at radius 1 is 1.04 bits per heavy atom. The van der Waals surface area contributed by atoms with Crippen molar-refractivity contribution >= 4 is 17.5 Å². The van der Waals surface area contributed by atoms with Crippen LogP contribution in [0.3, 0.4) is 0 Å². The fourth-order valence-corrected chi connectivity index (χ4v) is 9.65. The Kier molecular flexibility index (Phi) is 10.9. The predicted molar refractivity (Wildman–Crippen MR) is 188 cm³/mol. The Morgan fingerprint density at radius 3 is 2.43 bits per heavy atom. The predicted octanol–water partition coefficient (Wildman–Crippen LogP) is 7.21. The number of ketones is 2. The molecule has 5 rings (SSSR count). The fraction of sp³-hybridized carbons (Fsp3) is 0.780. The molecular weight excluding hydrogens is 620 g/mol. The van der Waals surface area contributed by atoms with Crippen LogP contribution in [0.15, 0.2) is 35.1 Å². The molecule has 4 bridgehead atoms. The van der Waals surface area contributed by atoms with Crippen LogP contribution < -0.4 is 0 Å². The molecule has 8 heteroatoms. The molecule has 2 N–H and O–H groups in total. The summed E-state index contributed by atoms with van der Waals surface area (Å²) in [7, 11) is 1.39. The maximum atomic E-state index is 14.7. The van der Waals surface area contributed by atoms with Crippen molar-refractivity contribution in [2.45, 2.75) is 155 Å². The van der Waals surface area contributed by atoms with Gasteiger partial charge in [-0.2, -0.15) is 0 Å². The van der Waals surface area contributed by atoms with Gasteiger partial charge in [-0.05, 0) is 96.1 Å². The molecule has 0 radical (unpaired) electrons. The maximum Gasteiger partial charge on any atom is 0.313 e. The molecule has 49 heavy (non-hydrogen) atoms. The van der Waals surface area contributed by atoms with Gasteiger partial charge in [0.25, 0.3) is 0 Å². The molecule has 0 amide bonds. The zero-order valence-electron chi connectivity index (χ0n) is 31.5. The number of rotatable bonds is 2. The van der Waals surface area contributed by atoms with Crippen LogP contribution in [-0.2, 0) is 28.6 Å². The lowest BCUT2D eigenvalue weighted by atomic mass is 9.52. The monoisotopic (exact) mass is 682 g/mol. The first-order valence-electron chi connectivity index (χ1n) is 18.9. The largest absolute Gasteiger partial charge is 0.488 e. The average Bonchev–Trinajstić information content (AvgIpc) is 3.58. The molecule has 2 aliphatic carbocycles. The van der Waals surface area contributed by atoms with Gasteiger partial charge in [-0.25, -0.2) is 0 Å². The van der Waals surface area contributed by atoms with Gasteiger partial charge in [0.1, 0.15) is 17.2 Å². The third kappa shape index (κ3) is 7.13. The van der Waals surface area contributed by atoms with E-state index in [4.69, 9.17) is 14.2 Å². The van der Waals surface area contributed by atoms with Crippen LogP contribution in [0.25, 0.3) is 0 Å². The molecule has 0 aromatic rings. The Balaban J connectivity index is 1.75. The highest BCUT2D eigenvalue weighted by molar-refractivity contribution is 5.93. The number of methoxy groups -OCH3 is 1. The summed E-state index contributed by atoms with van der Waals surface area (Å²) < 4.78 is 19.1. The number of carbonyl (C=O) groups is 3. The fourth-order valence-electron chi connectivity index (χ4n) is 9.65. The number of esters is 1. The second kappa shape index (κ2) is 14.0. The zero-order valence-corrected chi connectivity index (χ0v) is 31.5. The van der Waals surface area contributed by atoms with Gasteiger partial charge in [-0.3, -0.25) is 14.4 Å². The highest BCUT2D eigenvalue weighted by Gasteiger charge is 2.67. The molecule has 0 spiro atoms. The molecular formula is C41H62O8. The van der Waals surface area contributed by atoms with Crippen molar-refractivity contribution in [2.24, 2.45) is 40.9 Å². The van der Waals surface area contributed by atoms with E-state index in [1.54, 1.807) is 6.92 Å². The lowest BCUT2D eigenvalue weighted by Gasteiger charge is -2.48. The van der Waals surface area contributed by atoms with E-state index >= 15 is 0 Å². The normalized spacial score (nSPS) is 47.0. The molecule has 0 aromatic carbocycles. The highest BCUT2D eigenvalue weighted by Crippen LogP contribution is 2.64. The molecule has 3 fully saturated rings. The van der Waals surface area contributed by atoms with Crippen LogP contribution in [0.4, 0.5) is 0 Å². The third-order valence-electron chi connectivity index (χ3n) is 13.1. The summed E-state index contributed by atoms with van der Waals surface area (Å²) in [6.45, 7) is 15.9. The van der Waals surface area contributed by atoms with Crippen molar-refractivity contribution in [2.75, 3.05) is 7.11 Å². The summed E-state index contributed by atoms with van der Waals surface area (Å²) in [6.07, 6.45) is 10.7. The van der Waals surface area contributed by atoms with Gasteiger partial charge in [0.15, 0.2) is 0 Å². The van der Waals surface area contributed by atoms with Gasteiger partial charge in [0, 0.05) is 42.9 Å². The molecule has 8 nitrogen and oxygen atoms in total. The lowest BCUT2D eigenvalue weighted by Crippen LogP contribution is -2.54. The van der Waals surface area contributed by atoms with Crippen LogP contribution in [0, 0.1) is 40.9 Å². The van der Waals surface area contributed by atoms with E-state index in [2.05, 4.69) is 26.0 Å². The van der Waals surface area contributed by atoms with E-state index in [0.29, 0.717) is 32.1 Å². The molecule has 5 aliphatic rings. The summed E-state index contributed by atoms with van der Waals surface area (Å²) in [4.78, 5) is 42.9. The van der Waals surface area contributed by atoms with Crippen LogP contribution in [0.2, 0.25) is 0 Å². The van der Waals surface area contributed by atoms with E-state index in [0.717, 1.165) is 36.2 Å². The van der Waals surface area contributed by atoms with Gasteiger partial charge in [-0.15, -0.1) is 0 Å². The minimum absolute atomic E-state index is 0.0873. The van der Waals surface area contributed by atoms with Crippen LogP contribution in [0.5, 0.6) is 0 Å². The van der Waals surface area contributed by atoms with Crippen molar-refractivity contribution in [3.8, 4) is 0 Å². The number of aliphatic hydroxyl groups excluding tert-OH is 1. The summed E-state index contributed by atoms with van der Waals surface area (Å²) in [5, 5.41) is 23.3. The molecule has 2 saturated heterocycles. The van der Waals surface area contributed by atoms with E-state index in [-0.39, 0.29) is 48.6 Å². The van der Waals surface area contributed by atoms with Crippen LogP contribution in [-0.4, -0.2) is 63.9 Å². The van der Waals surface area contributed by atoms with Gasteiger partial charge in [0.2, 0.25) is 0 Å². The molecule has 11 atom stereocenters. The van der Waals surface area contributed by atoms with Gasteiger partial charge < -0.3 is 24.4 Å². The van der Waals surface area contributed by atoms with Crippen molar-refractivity contribution in [1.29, 1.82) is 0 Å². The van der Waals surface area contributed by atoms with E-state index in [1.165, 1.54) is 7.11 Å². The smallest absolute Gasteiger partial charge is 0.313 e. The second-order valence-electron chi connectivity index (χ2n) is 17.4. The standard InChI is InChI=1S/C41H62O8/c1-24(2)28-21-32(42)27(5)12-10-11-25(3)20-34-31-22-40(8,48-34)29-15-17-38(6,46)36-16-18-39(7,49-36)35(44)14-13-26(4)19-30(29)41(31,23-33(28)43)37(45)47-9/h15,19-20,24-25,27-28,30-31,35-36,44,46H,10-14,16-18,21-23H2,1-9H3/b26-19+,29-15+,34-20-/t25-,27+,28-,30-,31+,35-,36-,38+,39-,40+,41-/m1/s1. The topological polar surface area (TPSA) is 119 Å². The summed E-state index contributed by atoms with van der Waals surface area (Å²) in [6, 6.07) is 0. The second-order valence-corrected chi connectivity index (χ2v) is 17.4. The first-order chi connectivity index (χ1) is 22.9. The quantitative estimate of drug-likeness (QED) is 0.232. The Hall–Kier alpha value is -2.29. The zero-order chi connectivity index (χ0) is 36.1. The third-order valence-corrected chi connectivity index (χ3v) is 13.1. The number of carbonyl (C=O) groups excluding carboxylic acids is 3. The number of allylic oxidation sites excluding steroid dienone is 4. The first kappa shape index (κ1) is 38.0. The first-order valence-corrected chi connectivity index (χ1v) is 18.9. The number of ether oxygens (including phenoxy) is 3. The van der Waals surface area contributed by atoms with Gasteiger partial charge in [0.05, 0.1) is 41.7 Å².